The highest BCUT2D eigenvalue weighted by Crippen LogP contribution is 2.22. The Morgan fingerprint density at radius 3 is 2.23 bits per heavy atom. The zero-order valence-electron chi connectivity index (χ0n) is 19.4. The summed E-state index contributed by atoms with van der Waals surface area (Å²) >= 11 is 6.21. The van der Waals surface area contributed by atoms with Gasteiger partial charge in [-0.25, -0.2) is 0 Å². The van der Waals surface area contributed by atoms with E-state index in [0.717, 1.165) is 30.8 Å². The van der Waals surface area contributed by atoms with Crippen LogP contribution in [0.1, 0.15) is 39.5 Å². The van der Waals surface area contributed by atoms with Crippen molar-refractivity contribution >= 4 is 23.4 Å². The maximum Gasteiger partial charge on any atom is 0.253 e. The highest BCUT2D eigenvalue weighted by atomic mass is 35.5. The fraction of sp³-hybridized carbons (Fsp3) is 0.250. The number of carbonyl (C=O) groups excluding carboxylic acids is 2. The van der Waals surface area contributed by atoms with Crippen molar-refractivity contribution in [1.29, 1.82) is 5.26 Å². The lowest BCUT2D eigenvalue weighted by Crippen LogP contribution is -2.49. The number of amides is 2. The van der Waals surface area contributed by atoms with Gasteiger partial charge in [0.05, 0.1) is 34.7 Å². The third-order valence-corrected chi connectivity index (χ3v) is 6.55. The maximum absolute atomic E-state index is 13.2. The number of piperazine rings is 1. The van der Waals surface area contributed by atoms with Gasteiger partial charge in [-0.3, -0.25) is 14.5 Å². The van der Waals surface area contributed by atoms with Crippen LogP contribution < -0.4 is 5.32 Å². The van der Waals surface area contributed by atoms with E-state index in [9.17, 15) is 9.59 Å². The van der Waals surface area contributed by atoms with Crippen LogP contribution in [0.4, 0.5) is 0 Å². The molecule has 3 aromatic carbocycles. The second-order valence-electron chi connectivity index (χ2n) is 8.59. The van der Waals surface area contributed by atoms with E-state index in [0.29, 0.717) is 29.2 Å². The van der Waals surface area contributed by atoms with Crippen LogP contribution in [0.15, 0.2) is 78.9 Å². The molecule has 0 aromatic heterocycles. The Labute approximate surface area is 210 Å². The first kappa shape index (κ1) is 24.5. The molecular formula is C28H27ClN4O2. The van der Waals surface area contributed by atoms with Crippen molar-refractivity contribution in [3.05, 3.63) is 106 Å². The summed E-state index contributed by atoms with van der Waals surface area (Å²) in [6.07, 6.45) is 0.176. The monoisotopic (exact) mass is 486 g/mol. The zero-order chi connectivity index (χ0) is 24.6. The topological polar surface area (TPSA) is 76.4 Å². The van der Waals surface area contributed by atoms with Gasteiger partial charge in [0.2, 0.25) is 5.91 Å². The molecule has 0 radical (unpaired) electrons. The third-order valence-electron chi connectivity index (χ3n) is 6.22. The van der Waals surface area contributed by atoms with Crippen molar-refractivity contribution in [2.75, 3.05) is 26.2 Å². The Bertz CT molecular complexity index is 1200. The SMILES string of the molecule is N#Cc1ccc(CN2CCN(C(=O)CC(NC(=O)c3ccccc3Cl)c3ccccc3)CC2)cc1. The summed E-state index contributed by atoms with van der Waals surface area (Å²) in [7, 11) is 0. The molecule has 0 aliphatic carbocycles. The summed E-state index contributed by atoms with van der Waals surface area (Å²) in [6, 6.07) is 25.7. The number of carbonyl (C=O) groups is 2. The molecule has 1 atom stereocenters. The minimum atomic E-state index is -0.454. The molecule has 35 heavy (non-hydrogen) atoms. The standard InChI is InChI=1S/C28H27ClN4O2/c29-25-9-5-4-8-24(25)28(35)31-26(23-6-2-1-3-7-23)18-27(34)33-16-14-32(15-17-33)20-22-12-10-21(19-30)11-13-22/h1-13,26H,14-18,20H2,(H,31,35). The van der Waals surface area contributed by atoms with Crippen LogP contribution in [0.25, 0.3) is 0 Å². The molecule has 0 spiro atoms. The zero-order valence-corrected chi connectivity index (χ0v) is 20.1. The molecule has 1 heterocycles. The Balaban J connectivity index is 1.37. The van der Waals surface area contributed by atoms with Crippen molar-refractivity contribution in [2.45, 2.75) is 19.0 Å². The van der Waals surface area contributed by atoms with Crippen LogP contribution in [-0.4, -0.2) is 47.8 Å². The highest BCUT2D eigenvalue weighted by Gasteiger charge is 2.26. The van der Waals surface area contributed by atoms with Gasteiger partial charge in [0.15, 0.2) is 0 Å². The van der Waals surface area contributed by atoms with Crippen LogP contribution in [0.2, 0.25) is 5.02 Å². The first-order chi connectivity index (χ1) is 17.0. The molecule has 3 aromatic rings. The maximum atomic E-state index is 13.2. The Kier molecular flexibility index (Phi) is 8.15. The molecule has 0 saturated carbocycles. The van der Waals surface area contributed by atoms with Gasteiger partial charge in [0.1, 0.15) is 0 Å². The van der Waals surface area contributed by atoms with Crippen molar-refractivity contribution < 1.29 is 9.59 Å². The summed E-state index contributed by atoms with van der Waals surface area (Å²) in [6.45, 7) is 3.60. The lowest BCUT2D eigenvalue weighted by atomic mass is 10.0. The van der Waals surface area contributed by atoms with E-state index in [-0.39, 0.29) is 18.2 Å². The summed E-state index contributed by atoms with van der Waals surface area (Å²) < 4.78 is 0. The molecular weight excluding hydrogens is 460 g/mol. The molecule has 178 valence electrons. The first-order valence-corrected chi connectivity index (χ1v) is 12.0. The minimum Gasteiger partial charge on any atom is -0.345 e. The van der Waals surface area contributed by atoms with E-state index in [1.54, 1.807) is 24.3 Å². The van der Waals surface area contributed by atoms with Crippen LogP contribution in [0.5, 0.6) is 0 Å². The van der Waals surface area contributed by atoms with Gasteiger partial charge in [-0.2, -0.15) is 5.26 Å². The van der Waals surface area contributed by atoms with Crippen molar-refractivity contribution in [3.63, 3.8) is 0 Å². The smallest absolute Gasteiger partial charge is 0.253 e. The average Bonchev–Trinajstić information content (AvgIpc) is 2.90. The summed E-state index contributed by atoms with van der Waals surface area (Å²) in [5, 5.41) is 12.3. The second kappa shape index (κ2) is 11.7. The van der Waals surface area contributed by atoms with Crippen molar-refractivity contribution in [3.8, 4) is 6.07 Å². The molecule has 0 bridgehead atoms. The Hall–Kier alpha value is -3.66. The summed E-state index contributed by atoms with van der Waals surface area (Å²) in [5.74, 6) is -0.291. The predicted octanol–water partition coefficient (Wildman–Crippen LogP) is 4.42. The number of nitriles is 1. The second-order valence-corrected chi connectivity index (χ2v) is 8.99. The lowest BCUT2D eigenvalue weighted by Gasteiger charge is -2.35. The number of nitrogens with zero attached hydrogens (tertiary/aromatic N) is 3. The van der Waals surface area contributed by atoms with E-state index < -0.39 is 6.04 Å². The molecule has 6 nitrogen and oxygen atoms in total. The molecule has 1 saturated heterocycles. The van der Waals surface area contributed by atoms with E-state index in [2.05, 4.69) is 16.3 Å². The van der Waals surface area contributed by atoms with E-state index >= 15 is 0 Å². The van der Waals surface area contributed by atoms with Gasteiger partial charge in [-0.1, -0.05) is 66.2 Å². The van der Waals surface area contributed by atoms with Gasteiger partial charge in [0, 0.05) is 32.7 Å². The molecule has 2 amide bonds. The Morgan fingerprint density at radius 2 is 1.57 bits per heavy atom. The molecule has 1 unspecified atom stereocenters. The molecule has 1 aliphatic heterocycles. The summed E-state index contributed by atoms with van der Waals surface area (Å²) in [4.78, 5) is 30.3. The third kappa shape index (κ3) is 6.48. The summed E-state index contributed by atoms with van der Waals surface area (Å²) in [5.41, 5.74) is 3.06. The molecule has 1 aliphatic rings. The fourth-order valence-electron chi connectivity index (χ4n) is 4.22. The Morgan fingerprint density at radius 1 is 0.914 bits per heavy atom. The van der Waals surface area contributed by atoms with Crippen molar-refractivity contribution in [1.82, 2.24) is 15.1 Å². The van der Waals surface area contributed by atoms with Gasteiger partial charge < -0.3 is 10.2 Å². The number of hydrogen-bond donors (Lipinski definition) is 1. The van der Waals surface area contributed by atoms with E-state index in [1.165, 1.54) is 0 Å². The molecule has 7 heteroatoms. The molecule has 1 fully saturated rings. The van der Waals surface area contributed by atoms with Crippen LogP contribution >= 0.6 is 11.6 Å². The number of halogens is 1. The van der Waals surface area contributed by atoms with Gasteiger partial charge in [-0.05, 0) is 35.4 Å². The fourth-order valence-corrected chi connectivity index (χ4v) is 4.44. The lowest BCUT2D eigenvalue weighted by molar-refractivity contribution is -0.133. The van der Waals surface area contributed by atoms with Gasteiger partial charge >= 0.3 is 0 Å². The molecule has 1 N–H and O–H groups in total. The first-order valence-electron chi connectivity index (χ1n) is 11.6. The largest absolute Gasteiger partial charge is 0.345 e. The number of nitrogens with one attached hydrogen (secondary N) is 1. The predicted molar refractivity (Wildman–Crippen MR) is 136 cm³/mol. The van der Waals surface area contributed by atoms with Crippen LogP contribution in [0.3, 0.4) is 0 Å². The number of benzene rings is 3. The van der Waals surface area contributed by atoms with E-state index in [1.807, 2.05) is 59.5 Å². The quantitative estimate of drug-likeness (QED) is 0.536. The van der Waals surface area contributed by atoms with E-state index in [4.69, 9.17) is 16.9 Å². The number of rotatable bonds is 7. The van der Waals surface area contributed by atoms with Crippen LogP contribution in [0, 0.1) is 11.3 Å². The van der Waals surface area contributed by atoms with Crippen molar-refractivity contribution in [2.24, 2.45) is 0 Å². The number of hydrogen-bond acceptors (Lipinski definition) is 4. The van der Waals surface area contributed by atoms with Gasteiger partial charge in [0.25, 0.3) is 5.91 Å². The molecule has 4 rings (SSSR count). The van der Waals surface area contributed by atoms with Crippen LogP contribution in [-0.2, 0) is 11.3 Å². The highest BCUT2D eigenvalue weighted by molar-refractivity contribution is 6.33. The average molecular weight is 487 g/mol. The minimum absolute atomic E-state index is 0.0105. The van der Waals surface area contributed by atoms with Gasteiger partial charge in [-0.15, -0.1) is 0 Å². The normalized spacial score (nSPS) is 14.7.